The molecule has 0 aromatic heterocycles. The van der Waals surface area contributed by atoms with Crippen LogP contribution in [0.2, 0.25) is 0 Å². The zero-order chi connectivity index (χ0) is 12.8. The van der Waals surface area contributed by atoms with Gasteiger partial charge in [-0.1, -0.05) is 13.8 Å². The summed E-state index contributed by atoms with van der Waals surface area (Å²) < 4.78 is 0. The van der Waals surface area contributed by atoms with Crippen LogP contribution in [0, 0.1) is 5.41 Å². The Morgan fingerprint density at radius 2 is 1.75 bits per heavy atom. The number of urea groups is 1. The fraction of sp³-hybridized carbons (Fsp3) is 0.917. The van der Waals surface area contributed by atoms with Crippen molar-refractivity contribution in [1.82, 2.24) is 10.6 Å². The molecule has 0 unspecified atom stereocenters. The molecule has 0 saturated heterocycles. The quantitative estimate of drug-likeness (QED) is 0.632. The highest BCUT2D eigenvalue weighted by molar-refractivity contribution is 5.74. The fourth-order valence-electron chi connectivity index (χ4n) is 1.23. The highest BCUT2D eigenvalue weighted by atomic mass is 16.3. The number of amides is 2. The lowest BCUT2D eigenvalue weighted by atomic mass is 9.89. The van der Waals surface area contributed by atoms with Crippen LogP contribution in [-0.2, 0) is 0 Å². The number of hydrogen-bond acceptors (Lipinski definition) is 2. The molecule has 3 N–H and O–H groups in total. The van der Waals surface area contributed by atoms with Crippen molar-refractivity contribution >= 4 is 6.03 Å². The van der Waals surface area contributed by atoms with Crippen molar-refractivity contribution in [3.63, 3.8) is 0 Å². The summed E-state index contributed by atoms with van der Waals surface area (Å²) >= 11 is 0. The molecule has 0 saturated carbocycles. The standard InChI is InChI=1S/C12H26N2O2/c1-11(2,3)14-10(16)13-8-6-7-12(4,5)9-15/h15H,6-9H2,1-5H3,(H2,13,14,16). The van der Waals surface area contributed by atoms with Crippen LogP contribution in [0.25, 0.3) is 0 Å². The molecule has 2 amide bonds. The van der Waals surface area contributed by atoms with Crippen LogP contribution in [0.1, 0.15) is 47.5 Å². The maximum absolute atomic E-state index is 11.4. The predicted molar refractivity (Wildman–Crippen MR) is 66.4 cm³/mol. The summed E-state index contributed by atoms with van der Waals surface area (Å²) in [6, 6.07) is -0.130. The lowest BCUT2D eigenvalue weighted by molar-refractivity contribution is 0.148. The Labute approximate surface area is 98.8 Å². The summed E-state index contributed by atoms with van der Waals surface area (Å²) in [4.78, 5) is 11.4. The zero-order valence-corrected chi connectivity index (χ0v) is 11.2. The number of hydrogen-bond donors (Lipinski definition) is 3. The summed E-state index contributed by atoms with van der Waals surface area (Å²) in [5.41, 5.74) is -0.253. The molecule has 0 aliphatic rings. The molecule has 0 spiro atoms. The third kappa shape index (κ3) is 8.53. The van der Waals surface area contributed by atoms with Crippen molar-refractivity contribution in [1.29, 1.82) is 0 Å². The van der Waals surface area contributed by atoms with E-state index in [-0.39, 0.29) is 23.6 Å². The highest BCUT2D eigenvalue weighted by Crippen LogP contribution is 2.20. The van der Waals surface area contributed by atoms with Gasteiger partial charge in [0.15, 0.2) is 0 Å². The maximum atomic E-state index is 11.4. The van der Waals surface area contributed by atoms with Gasteiger partial charge in [-0.2, -0.15) is 0 Å². The second-order valence-electron chi connectivity index (χ2n) is 6.06. The molecule has 0 heterocycles. The first-order valence-corrected chi connectivity index (χ1v) is 5.83. The van der Waals surface area contributed by atoms with Gasteiger partial charge in [0.2, 0.25) is 0 Å². The van der Waals surface area contributed by atoms with Gasteiger partial charge in [0.05, 0.1) is 0 Å². The van der Waals surface area contributed by atoms with E-state index >= 15 is 0 Å². The molecule has 0 rings (SSSR count). The first-order valence-electron chi connectivity index (χ1n) is 5.83. The van der Waals surface area contributed by atoms with E-state index in [1.807, 2.05) is 34.6 Å². The average molecular weight is 230 g/mol. The van der Waals surface area contributed by atoms with Gasteiger partial charge in [-0.25, -0.2) is 4.79 Å². The van der Waals surface area contributed by atoms with Crippen molar-refractivity contribution in [2.45, 2.75) is 53.0 Å². The first-order chi connectivity index (χ1) is 7.16. The first kappa shape index (κ1) is 15.2. The van der Waals surface area contributed by atoms with Crippen molar-refractivity contribution in [3.05, 3.63) is 0 Å². The van der Waals surface area contributed by atoms with Gasteiger partial charge in [0.1, 0.15) is 0 Å². The lowest BCUT2D eigenvalue weighted by Crippen LogP contribution is -2.46. The zero-order valence-electron chi connectivity index (χ0n) is 11.2. The molecule has 96 valence electrons. The monoisotopic (exact) mass is 230 g/mol. The van der Waals surface area contributed by atoms with E-state index in [2.05, 4.69) is 10.6 Å². The second kappa shape index (κ2) is 6.09. The molecular formula is C12H26N2O2. The van der Waals surface area contributed by atoms with Crippen LogP contribution in [0.5, 0.6) is 0 Å². The summed E-state index contributed by atoms with van der Waals surface area (Å²) in [5.74, 6) is 0. The number of nitrogens with one attached hydrogen (secondary N) is 2. The summed E-state index contributed by atoms with van der Waals surface area (Å²) in [6.45, 7) is 10.7. The molecule has 0 radical (unpaired) electrons. The minimum Gasteiger partial charge on any atom is -0.396 e. The number of carbonyl (C=O) groups excluding carboxylic acids is 1. The number of rotatable bonds is 5. The van der Waals surface area contributed by atoms with E-state index in [4.69, 9.17) is 5.11 Å². The lowest BCUT2D eigenvalue weighted by Gasteiger charge is -2.23. The molecule has 0 aromatic rings. The minimum atomic E-state index is -0.200. The minimum absolute atomic E-state index is 0.0534. The highest BCUT2D eigenvalue weighted by Gasteiger charge is 2.16. The second-order valence-corrected chi connectivity index (χ2v) is 6.06. The molecule has 16 heavy (non-hydrogen) atoms. The molecule has 0 bridgehead atoms. The Morgan fingerprint density at radius 1 is 1.19 bits per heavy atom. The van der Waals surface area contributed by atoms with Gasteiger partial charge < -0.3 is 15.7 Å². The number of aliphatic hydroxyl groups is 1. The molecular weight excluding hydrogens is 204 g/mol. The van der Waals surface area contributed by atoms with Gasteiger partial charge in [0.25, 0.3) is 0 Å². The Morgan fingerprint density at radius 3 is 2.19 bits per heavy atom. The predicted octanol–water partition coefficient (Wildman–Crippen LogP) is 1.88. The van der Waals surface area contributed by atoms with Crippen LogP contribution >= 0.6 is 0 Å². The van der Waals surface area contributed by atoms with Crippen LogP contribution in [-0.4, -0.2) is 29.8 Å². The van der Waals surface area contributed by atoms with Crippen LogP contribution in [0.3, 0.4) is 0 Å². The van der Waals surface area contributed by atoms with Crippen molar-refractivity contribution < 1.29 is 9.90 Å². The molecule has 4 heteroatoms. The summed E-state index contributed by atoms with van der Waals surface area (Å²) in [7, 11) is 0. The molecule has 0 aliphatic heterocycles. The SMILES string of the molecule is CC(C)(CO)CCCNC(=O)NC(C)(C)C. The third-order valence-corrected chi connectivity index (χ3v) is 2.23. The average Bonchev–Trinajstić information content (AvgIpc) is 2.10. The molecule has 0 aliphatic carbocycles. The van der Waals surface area contributed by atoms with Crippen LogP contribution in [0.15, 0.2) is 0 Å². The Hall–Kier alpha value is -0.770. The molecule has 0 atom stereocenters. The Balaban J connectivity index is 3.64. The van der Waals surface area contributed by atoms with E-state index in [0.29, 0.717) is 6.54 Å². The van der Waals surface area contributed by atoms with Crippen molar-refractivity contribution in [2.75, 3.05) is 13.2 Å². The smallest absolute Gasteiger partial charge is 0.315 e. The topological polar surface area (TPSA) is 61.4 Å². The Bertz CT molecular complexity index is 220. The largest absolute Gasteiger partial charge is 0.396 e. The number of aliphatic hydroxyl groups excluding tert-OH is 1. The summed E-state index contributed by atoms with van der Waals surface area (Å²) in [6.07, 6.45) is 1.78. The van der Waals surface area contributed by atoms with E-state index in [1.165, 1.54) is 0 Å². The third-order valence-electron chi connectivity index (χ3n) is 2.23. The van der Waals surface area contributed by atoms with Gasteiger partial charge in [-0.3, -0.25) is 0 Å². The number of carbonyl (C=O) groups is 1. The molecule has 0 aromatic carbocycles. The van der Waals surface area contributed by atoms with Crippen molar-refractivity contribution in [3.8, 4) is 0 Å². The van der Waals surface area contributed by atoms with E-state index in [9.17, 15) is 4.79 Å². The van der Waals surface area contributed by atoms with E-state index in [1.54, 1.807) is 0 Å². The van der Waals surface area contributed by atoms with Gasteiger partial charge in [0, 0.05) is 18.7 Å². The summed E-state index contributed by atoms with van der Waals surface area (Å²) in [5, 5.41) is 14.7. The molecule has 4 nitrogen and oxygen atoms in total. The van der Waals surface area contributed by atoms with Gasteiger partial charge >= 0.3 is 6.03 Å². The molecule has 0 fully saturated rings. The maximum Gasteiger partial charge on any atom is 0.315 e. The van der Waals surface area contributed by atoms with Crippen LogP contribution in [0.4, 0.5) is 4.79 Å². The van der Waals surface area contributed by atoms with Crippen molar-refractivity contribution in [2.24, 2.45) is 5.41 Å². The normalized spacial score (nSPS) is 12.4. The fourth-order valence-corrected chi connectivity index (χ4v) is 1.23. The van der Waals surface area contributed by atoms with Gasteiger partial charge in [-0.05, 0) is 39.0 Å². The van der Waals surface area contributed by atoms with E-state index in [0.717, 1.165) is 12.8 Å². The van der Waals surface area contributed by atoms with E-state index < -0.39 is 0 Å². The van der Waals surface area contributed by atoms with Gasteiger partial charge in [-0.15, -0.1) is 0 Å². The Kier molecular flexibility index (Phi) is 5.79. The van der Waals surface area contributed by atoms with Crippen LogP contribution < -0.4 is 10.6 Å².